The number of nitrogens with zero attached hydrogens (tertiary/aromatic N) is 5. The lowest BCUT2D eigenvalue weighted by molar-refractivity contribution is 0.169. The Balaban J connectivity index is 0.00000272. The molecule has 1 N–H and O–H groups in total. The molecule has 31 heavy (non-hydrogen) atoms. The summed E-state index contributed by atoms with van der Waals surface area (Å²) < 4.78 is 4.94. The molecule has 1 aromatic carbocycles. The molecular weight excluding hydrogens is 527 g/mol. The van der Waals surface area contributed by atoms with E-state index < -0.39 is 0 Å². The summed E-state index contributed by atoms with van der Waals surface area (Å²) in [4.78, 5) is 11.7. The number of halogens is 2. The van der Waals surface area contributed by atoms with Gasteiger partial charge in [0.1, 0.15) is 6.26 Å². The molecule has 2 aromatic rings. The number of hydrogen-bond donors (Lipinski definition) is 1. The average Bonchev–Trinajstić information content (AvgIpc) is 3.44. The second kappa shape index (κ2) is 11.4. The van der Waals surface area contributed by atoms with Gasteiger partial charge in [0.25, 0.3) is 0 Å². The molecule has 0 saturated carbocycles. The molecule has 0 bridgehead atoms. The zero-order chi connectivity index (χ0) is 20.9. The maximum Gasteiger partial charge on any atom is 0.193 e. The van der Waals surface area contributed by atoms with Gasteiger partial charge >= 0.3 is 0 Å². The van der Waals surface area contributed by atoms with Crippen LogP contribution < -0.4 is 10.2 Å². The molecule has 1 atom stereocenters. The fourth-order valence-corrected chi connectivity index (χ4v) is 4.54. The quantitative estimate of drug-likeness (QED) is 0.345. The predicted octanol–water partition coefficient (Wildman–Crippen LogP) is 3.47. The summed E-state index contributed by atoms with van der Waals surface area (Å²) in [5, 5.41) is 8.44. The van der Waals surface area contributed by atoms with E-state index in [-0.39, 0.29) is 24.0 Å². The average molecular weight is 559 g/mol. The van der Waals surface area contributed by atoms with E-state index >= 15 is 0 Å². The van der Waals surface area contributed by atoms with Crippen LogP contribution in [0.1, 0.15) is 17.7 Å². The standard InChI is InChI=1S/C22H31ClN6O.HI/c1-17-3-4-19(23)13-21(17)29-7-5-18(15-29)14-25-22(24-2)28-10-8-27(9-11-28)16-20-6-12-30-26-20;/h3-4,6,12-13,18H,5,7-11,14-16H2,1-2H3,(H,24,25);1H. The molecule has 1 unspecified atom stereocenters. The van der Waals surface area contributed by atoms with E-state index in [1.807, 2.05) is 19.2 Å². The van der Waals surface area contributed by atoms with Gasteiger partial charge in [0.05, 0.1) is 5.69 Å². The Hall–Kier alpha value is -1.52. The van der Waals surface area contributed by atoms with Crippen LogP contribution in [0.2, 0.25) is 5.02 Å². The van der Waals surface area contributed by atoms with E-state index in [0.29, 0.717) is 5.92 Å². The lowest BCUT2D eigenvalue weighted by Crippen LogP contribution is -2.52. The number of hydrogen-bond acceptors (Lipinski definition) is 5. The van der Waals surface area contributed by atoms with Gasteiger partial charge in [0.2, 0.25) is 0 Å². The van der Waals surface area contributed by atoms with Crippen LogP contribution in [-0.2, 0) is 6.54 Å². The number of aromatic nitrogens is 1. The summed E-state index contributed by atoms with van der Waals surface area (Å²) in [6, 6.07) is 8.09. The van der Waals surface area contributed by atoms with Crippen LogP contribution in [0.25, 0.3) is 0 Å². The van der Waals surface area contributed by atoms with Crippen molar-refractivity contribution in [2.24, 2.45) is 10.9 Å². The smallest absolute Gasteiger partial charge is 0.193 e. The first-order valence-electron chi connectivity index (χ1n) is 10.7. The molecule has 0 spiro atoms. The number of benzene rings is 1. The number of rotatable bonds is 5. The van der Waals surface area contributed by atoms with Gasteiger partial charge in [0, 0.05) is 76.2 Å². The largest absolute Gasteiger partial charge is 0.371 e. The molecule has 2 aliphatic rings. The molecule has 0 radical (unpaired) electrons. The third-order valence-electron chi connectivity index (χ3n) is 6.11. The van der Waals surface area contributed by atoms with Gasteiger partial charge in [-0.3, -0.25) is 9.89 Å². The lowest BCUT2D eigenvalue weighted by atomic mass is 10.1. The van der Waals surface area contributed by atoms with Crippen LogP contribution in [0.5, 0.6) is 0 Å². The molecule has 7 nitrogen and oxygen atoms in total. The van der Waals surface area contributed by atoms with Crippen LogP contribution in [0.3, 0.4) is 0 Å². The molecule has 0 aliphatic carbocycles. The minimum Gasteiger partial charge on any atom is -0.371 e. The predicted molar refractivity (Wildman–Crippen MR) is 137 cm³/mol. The van der Waals surface area contributed by atoms with E-state index in [0.717, 1.165) is 69.0 Å². The summed E-state index contributed by atoms with van der Waals surface area (Å²) >= 11 is 6.22. The molecule has 2 fully saturated rings. The summed E-state index contributed by atoms with van der Waals surface area (Å²) in [6.45, 7) is 10.0. The SMILES string of the molecule is CN=C(NCC1CCN(c2cc(Cl)ccc2C)C1)N1CCN(Cc2ccon2)CC1.I. The molecule has 170 valence electrons. The summed E-state index contributed by atoms with van der Waals surface area (Å²) in [5.74, 6) is 1.61. The van der Waals surface area contributed by atoms with Crippen molar-refractivity contribution in [2.75, 3.05) is 57.8 Å². The third kappa shape index (κ3) is 6.26. The highest BCUT2D eigenvalue weighted by Gasteiger charge is 2.25. The van der Waals surface area contributed by atoms with Crippen LogP contribution in [0, 0.1) is 12.8 Å². The zero-order valence-corrected chi connectivity index (χ0v) is 21.3. The minimum absolute atomic E-state index is 0. The Morgan fingerprint density at radius 3 is 2.74 bits per heavy atom. The number of nitrogens with one attached hydrogen (secondary N) is 1. The van der Waals surface area contributed by atoms with E-state index in [9.17, 15) is 0 Å². The van der Waals surface area contributed by atoms with E-state index in [2.05, 4.69) is 49.2 Å². The van der Waals surface area contributed by atoms with Gasteiger partial charge in [-0.2, -0.15) is 0 Å². The van der Waals surface area contributed by atoms with Crippen molar-refractivity contribution in [2.45, 2.75) is 19.9 Å². The summed E-state index contributed by atoms with van der Waals surface area (Å²) in [6.07, 6.45) is 2.82. The van der Waals surface area contributed by atoms with Crippen molar-refractivity contribution in [1.29, 1.82) is 0 Å². The van der Waals surface area contributed by atoms with Gasteiger partial charge in [-0.05, 0) is 37.0 Å². The molecule has 9 heteroatoms. The molecule has 2 aliphatic heterocycles. The van der Waals surface area contributed by atoms with Crippen molar-refractivity contribution in [3.8, 4) is 0 Å². The van der Waals surface area contributed by atoms with Gasteiger partial charge in [-0.15, -0.1) is 24.0 Å². The second-order valence-electron chi connectivity index (χ2n) is 8.21. The summed E-state index contributed by atoms with van der Waals surface area (Å²) in [7, 11) is 1.88. The number of aliphatic imine (C=N–C) groups is 1. The minimum atomic E-state index is 0. The fourth-order valence-electron chi connectivity index (χ4n) is 4.38. The third-order valence-corrected chi connectivity index (χ3v) is 6.34. The van der Waals surface area contributed by atoms with Crippen LogP contribution in [0.4, 0.5) is 5.69 Å². The van der Waals surface area contributed by atoms with Gasteiger partial charge in [-0.25, -0.2) is 0 Å². The monoisotopic (exact) mass is 558 g/mol. The van der Waals surface area contributed by atoms with Crippen LogP contribution in [0.15, 0.2) is 40.0 Å². The van der Waals surface area contributed by atoms with Crippen molar-refractivity contribution in [3.63, 3.8) is 0 Å². The highest BCUT2D eigenvalue weighted by atomic mass is 127. The highest BCUT2D eigenvalue weighted by Crippen LogP contribution is 2.29. The number of aryl methyl sites for hydroxylation is 1. The fraction of sp³-hybridized carbons (Fsp3) is 0.545. The van der Waals surface area contributed by atoms with Crippen molar-refractivity contribution < 1.29 is 4.52 Å². The molecule has 2 saturated heterocycles. The Labute approximate surface area is 206 Å². The first-order valence-corrected chi connectivity index (χ1v) is 11.1. The first-order chi connectivity index (χ1) is 14.6. The van der Waals surface area contributed by atoms with Crippen LogP contribution >= 0.6 is 35.6 Å². The van der Waals surface area contributed by atoms with E-state index in [1.165, 1.54) is 17.7 Å². The normalized spacial score (nSPS) is 20.1. The topological polar surface area (TPSA) is 60.1 Å². The van der Waals surface area contributed by atoms with E-state index in [1.54, 1.807) is 6.26 Å². The van der Waals surface area contributed by atoms with Crippen molar-refractivity contribution in [1.82, 2.24) is 20.3 Å². The lowest BCUT2D eigenvalue weighted by Gasteiger charge is -2.36. The Morgan fingerprint density at radius 1 is 1.23 bits per heavy atom. The highest BCUT2D eigenvalue weighted by molar-refractivity contribution is 14.0. The maximum atomic E-state index is 6.22. The van der Waals surface area contributed by atoms with Crippen molar-refractivity contribution >= 4 is 47.2 Å². The van der Waals surface area contributed by atoms with Gasteiger partial charge in [0.15, 0.2) is 5.96 Å². The maximum absolute atomic E-state index is 6.22. The molecular formula is C22H32ClIN6O. The summed E-state index contributed by atoms with van der Waals surface area (Å²) in [5.41, 5.74) is 3.54. The van der Waals surface area contributed by atoms with Gasteiger partial charge < -0.3 is 19.6 Å². The number of anilines is 1. The zero-order valence-electron chi connectivity index (χ0n) is 18.3. The van der Waals surface area contributed by atoms with E-state index in [4.69, 9.17) is 16.1 Å². The van der Waals surface area contributed by atoms with Crippen LogP contribution in [-0.4, -0.2) is 73.8 Å². The first kappa shape index (κ1) is 24.1. The number of guanidine groups is 1. The van der Waals surface area contributed by atoms with Crippen molar-refractivity contribution in [3.05, 3.63) is 46.8 Å². The Bertz CT molecular complexity index is 854. The Kier molecular flexibility index (Phi) is 8.85. The molecule has 0 amide bonds. The number of piperazine rings is 1. The second-order valence-corrected chi connectivity index (χ2v) is 8.65. The Morgan fingerprint density at radius 2 is 2.03 bits per heavy atom. The van der Waals surface area contributed by atoms with Gasteiger partial charge in [-0.1, -0.05) is 22.8 Å². The molecule has 3 heterocycles. The molecule has 4 rings (SSSR count). The molecule has 1 aromatic heterocycles.